The maximum absolute atomic E-state index is 12.0. The minimum Gasteiger partial charge on any atom is -0.292 e. The maximum Gasteiger partial charge on any atom is 0.255 e. The SMILES string of the molecule is CCc1ccc(Cn2c(CC)nc(Cl)cc2=O)cc1. The van der Waals surface area contributed by atoms with Gasteiger partial charge in [0.2, 0.25) is 0 Å². The monoisotopic (exact) mass is 276 g/mol. The van der Waals surface area contributed by atoms with Gasteiger partial charge in [0.15, 0.2) is 0 Å². The third-order valence-electron chi connectivity index (χ3n) is 3.14. The average Bonchev–Trinajstić information content (AvgIpc) is 2.42. The van der Waals surface area contributed by atoms with Crippen LogP contribution in [0.1, 0.15) is 30.8 Å². The summed E-state index contributed by atoms with van der Waals surface area (Å²) in [6.45, 7) is 4.63. The molecule has 4 heteroatoms. The zero-order chi connectivity index (χ0) is 13.8. The summed E-state index contributed by atoms with van der Waals surface area (Å²) in [5.41, 5.74) is 2.29. The van der Waals surface area contributed by atoms with Crippen molar-refractivity contribution < 1.29 is 0 Å². The number of hydrogen-bond donors (Lipinski definition) is 0. The molecule has 3 nitrogen and oxygen atoms in total. The van der Waals surface area contributed by atoms with Crippen molar-refractivity contribution in [2.45, 2.75) is 33.2 Å². The van der Waals surface area contributed by atoms with E-state index >= 15 is 0 Å². The summed E-state index contributed by atoms with van der Waals surface area (Å²) < 4.78 is 1.67. The van der Waals surface area contributed by atoms with Crippen LogP contribution in [-0.4, -0.2) is 9.55 Å². The fourth-order valence-corrected chi connectivity index (χ4v) is 2.22. The van der Waals surface area contributed by atoms with E-state index in [4.69, 9.17) is 11.6 Å². The van der Waals surface area contributed by atoms with Gasteiger partial charge in [-0.1, -0.05) is 49.7 Å². The van der Waals surface area contributed by atoms with Crippen molar-refractivity contribution >= 4 is 11.6 Å². The van der Waals surface area contributed by atoms with E-state index in [1.165, 1.54) is 11.6 Å². The Morgan fingerprint density at radius 1 is 1.11 bits per heavy atom. The van der Waals surface area contributed by atoms with E-state index in [-0.39, 0.29) is 10.7 Å². The highest BCUT2D eigenvalue weighted by atomic mass is 35.5. The number of rotatable bonds is 4. The number of aryl methyl sites for hydroxylation is 2. The molecule has 2 rings (SSSR count). The van der Waals surface area contributed by atoms with Gasteiger partial charge in [-0.3, -0.25) is 9.36 Å². The molecule has 1 heterocycles. The number of halogens is 1. The van der Waals surface area contributed by atoms with Crippen LogP contribution in [-0.2, 0) is 19.4 Å². The lowest BCUT2D eigenvalue weighted by Crippen LogP contribution is -2.24. The van der Waals surface area contributed by atoms with Crippen LogP contribution in [0.3, 0.4) is 0 Å². The summed E-state index contributed by atoms with van der Waals surface area (Å²) in [4.78, 5) is 16.2. The van der Waals surface area contributed by atoms with Crippen molar-refractivity contribution in [3.63, 3.8) is 0 Å². The Kier molecular flexibility index (Phi) is 4.38. The van der Waals surface area contributed by atoms with Gasteiger partial charge in [0.05, 0.1) is 6.54 Å². The molecule has 0 radical (unpaired) electrons. The van der Waals surface area contributed by atoms with E-state index in [0.29, 0.717) is 13.0 Å². The highest BCUT2D eigenvalue weighted by Crippen LogP contribution is 2.09. The second kappa shape index (κ2) is 6.02. The van der Waals surface area contributed by atoms with Crippen LogP contribution < -0.4 is 5.56 Å². The number of benzene rings is 1. The number of nitrogens with zero attached hydrogens (tertiary/aromatic N) is 2. The normalized spacial score (nSPS) is 10.7. The summed E-state index contributed by atoms with van der Waals surface area (Å²) in [6.07, 6.45) is 1.70. The predicted octanol–water partition coefficient (Wildman–Crippen LogP) is 3.07. The van der Waals surface area contributed by atoms with Crippen molar-refractivity contribution in [3.8, 4) is 0 Å². The smallest absolute Gasteiger partial charge is 0.255 e. The quantitative estimate of drug-likeness (QED) is 0.805. The molecule has 0 atom stereocenters. The van der Waals surface area contributed by atoms with Crippen LogP contribution in [0.2, 0.25) is 5.15 Å². The van der Waals surface area contributed by atoms with Crippen molar-refractivity contribution in [2.75, 3.05) is 0 Å². The Bertz CT molecular complexity index is 617. The second-order valence-corrected chi connectivity index (χ2v) is 4.83. The third-order valence-corrected chi connectivity index (χ3v) is 3.34. The fourth-order valence-electron chi connectivity index (χ4n) is 2.02. The lowest BCUT2D eigenvalue weighted by atomic mass is 10.1. The van der Waals surface area contributed by atoms with Crippen LogP contribution >= 0.6 is 11.6 Å². The Morgan fingerprint density at radius 3 is 2.32 bits per heavy atom. The molecule has 19 heavy (non-hydrogen) atoms. The standard InChI is InChI=1S/C15H17ClN2O/c1-3-11-5-7-12(8-6-11)10-18-14(4-2)17-13(16)9-15(18)19/h5-9H,3-4,10H2,1-2H3. The first-order valence-corrected chi connectivity index (χ1v) is 6.86. The van der Waals surface area contributed by atoms with Gasteiger partial charge in [-0.2, -0.15) is 0 Å². The van der Waals surface area contributed by atoms with E-state index in [1.54, 1.807) is 4.57 Å². The highest BCUT2D eigenvalue weighted by Gasteiger charge is 2.07. The van der Waals surface area contributed by atoms with E-state index in [0.717, 1.165) is 17.8 Å². The van der Waals surface area contributed by atoms with E-state index in [2.05, 4.69) is 36.2 Å². The zero-order valence-corrected chi connectivity index (χ0v) is 11.9. The lowest BCUT2D eigenvalue weighted by molar-refractivity contribution is 0.674. The molecule has 0 aliphatic heterocycles. The van der Waals surface area contributed by atoms with Gasteiger partial charge in [-0.05, 0) is 17.5 Å². The largest absolute Gasteiger partial charge is 0.292 e. The minimum atomic E-state index is -0.101. The van der Waals surface area contributed by atoms with E-state index in [9.17, 15) is 4.79 Å². The fraction of sp³-hybridized carbons (Fsp3) is 0.333. The summed E-state index contributed by atoms with van der Waals surface area (Å²) in [7, 11) is 0. The summed E-state index contributed by atoms with van der Waals surface area (Å²) in [5.74, 6) is 0.720. The third kappa shape index (κ3) is 3.24. The molecule has 2 aromatic rings. The topological polar surface area (TPSA) is 34.9 Å². The predicted molar refractivity (Wildman–Crippen MR) is 77.8 cm³/mol. The molecule has 0 saturated carbocycles. The molecule has 0 unspecified atom stereocenters. The van der Waals surface area contributed by atoms with Crippen molar-refractivity contribution in [1.29, 1.82) is 0 Å². The van der Waals surface area contributed by atoms with Crippen molar-refractivity contribution in [2.24, 2.45) is 0 Å². The molecule has 1 aromatic carbocycles. The van der Waals surface area contributed by atoms with Gasteiger partial charge >= 0.3 is 0 Å². The van der Waals surface area contributed by atoms with Gasteiger partial charge in [-0.25, -0.2) is 4.98 Å². The first kappa shape index (κ1) is 13.8. The van der Waals surface area contributed by atoms with Gasteiger partial charge in [0.25, 0.3) is 5.56 Å². The van der Waals surface area contributed by atoms with Gasteiger partial charge in [0.1, 0.15) is 11.0 Å². The molecule has 0 N–H and O–H groups in total. The van der Waals surface area contributed by atoms with Gasteiger partial charge in [0, 0.05) is 12.5 Å². The van der Waals surface area contributed by atoms with Crippen LogP contribution in [0.15, 0.2) is 35.1 Å². The van der Waals surface area contributed by atoms with Crippen molar-refractivity contribution in [3.05, 3.63) is 62.8 Å². The lowest BCUT2D eigenvalue weighted by Gasteiger charge is -2.11. The molecule has 0 aliphatic rings. The highest BCUT2D eigenvalue weighted by molar-refractivity contribution is 6.29. The molecule has 0 amide bonds. The average molecular weight is 277 g/mol. The zero-order valence-electron chi connectivity index (χ0n) is 11.2. The first-order chi connectivity index (χ1) is 9.13. The van der Waals surface area contributed by atoms with Gasteiger partial charge < -0.3 is 0 Å². The number of hydrogen-bond acceptors (Lipinski definition) is 2. The van der Waals surface area contributed by atoms with Crippen LogP contribution in [0.5, 0.6) is 0 Å². The summed E-state index contributed by atoms with van der Waals surface area (Å²) in [6, 6.07) is 9.66. The molecule has 0 spiro atoms. The summed E-state index contributed by atoms with van der Waals surface area (Å²) >= 11 is 5.82. The Hall–Kier alpha value is -1.61. The Labute approximate surface area is 117 Å². The second-order valence-electron chi connectivity index (χ2n) is 4.44. The van der Waals surface area contributed by atoms with Gasteiger partial charge in [-0.15, -0.1) is 0 Å². The van der Waals surface area contributed by atoms with E-state index in [1.807, 2.05) is 6.92 Å². The molecule has 100 valence electrons. The molecule has 0 fully saturated rings. The molecule has 0 saturated heterocycles. The molecular formula is C15H17ClN2O. The summed E-state index contributed by atoms with van der Waals surface area (Å²) in [5, 5.41) is 0.263. The molecular weight excluding hydrogens is 260 g/mol. The van der Waals surface area contributed by atoms with Crippen LogP contribution in [0, 0.1) is 0 Å². The molecule has 0 aliphatic carbocycles. The maximum atomic E-state index is 12.0. The van der Waals surface area contributed by atoms with Crippen LogP contribution in [0.25, 0.3) is 0 Å². The van der Waals surface area contributed by atoms with Crippen LogP contribution in [0.4, 0.5) is 0 Å². The Balaban J connectivity index is 2.34. The minimum absolute atomic E-state index is 0.101. The van der Waals surface area contributed by atoms with Crippen molar-refractivity contribution in [1.82, 2.24) is 9.55 Å². The molecule has 0 bridgehead atoms. The molecule has 1 aromatic heterocycles. The number of aromatic nitrogens is 2. The van der Waals surface area contributed by atoms with E-state index < -0.39 is 0 Å². The Morgan fingerprint density at radius 2 is 1.74 bits per heavy atom. The first-order valence-electron chi connectivity index (χ1n) is 6.48.